The van der Waals surface area contributed by atoms with Crippen LogP contribution in [0.4, 0.5) is 23.0 Å². The predicted molar refractivity (Wildman–Crippen MR) is 79.5 cm³/mol. The highest BCUT2D eigenvalue weighted by molar-refractivity contribution is 5.69. The van der Waals surface area contributed by atoms with Crippen LogP contribution >= 0.6 is 0 Å². The summed E-state index contributed by atoms with van der Waals surface area (Å²) in [5.41, 5.74) is 1.87. The predicted octanol–water partition coefficient (Wildman–Crippen LogP) is 3.34. The lowest BCUT2D eigenvalue weighted by Crippen LogP contribution is -2.03. The number of para-hydroxylation sites is 1. The molecule has 1 heterocycles. The number of nitrogens with one attached hydrogen (secondary N) is 2. The lowest BCUT2D eigenvalue weighted by atomic mass is 10.1. The van der Waals surface area contributed by atoms with E-state index in [4.69, 9.17) is 0 Å². The quantitative estimate of drug-likeness (QED) is 0.644. The number of aromatic nitrogens is 1. The molecule has 0 fully saturated rings. The lowest BCUT2D eigenvalue weighted by molar-refractivity contribution is -0.384. The molecule has 0 aliphatic rings. The molecule has 6 heteroatoms. The minimum Gasteiger partial charge on any atom is -0.373 e. The fourth-order valence-corrected chi connectivity index (χ4v) is 1.91. The Morgan fingerprint density at radius 1 is 1.25 bits per heavy atom. The van der Waals surface area contributed by atoms with Crippen molar-refractivity contribution in [3.8, 4) is 0 Å². The molecule has 1 aromatic carbocycles. The summed E-state index contributed by atoms with van der Waals surface area (Å²) >= 11 is 0. The molecule has 0 radical (unpaired) electrons. The van der Waals surface area contributed by atoms with Gasteiger partial charge in [0.15, 0.2) is 0 Å². The summed E-state index contributed by atoms with van der Waals surface area (Å²) < 4.78 is 0. The van der Waals surface area contributed by atoms with Gasteiger partial charge in [-0.3, -0.25) is 10.1 Å². The van der Waals surface area contributed by atoms with Crippen molar-refractivity contribution in [3.05, 3.63) is 52.1 Å². The maximum atomic E-state index is 11.1. The highest BCUT2D eigenvalue weighted by Crippen LogP contribution is 2.28. The third-order valence-electron chi connectivity index (χ3n) is 2.98. The van der Waals surface area contributed by atoms with E-state index in [1.165, 1.54) is 6.07 Å². The van der Waals surface area contributed by atoms with Gasteiger partial charge in [-0.1, -0.05) is 25.1 Å². The molecule has 2 aromatic rings. The van der Waals surface area contributed by atoms with E-state index >= 15 is 0 Å². The summed E-state index contributed by atoms with van der Waals surface area (Å²) in [5, 5.41) is 17.0. The Morgan fingerprint density at radius 2 is 2.00 bits per heavy atom. The largest absolute Gasteiger partial charge is 0.373 e. The Morgan fingerprint density at radius 3 is 2.65 bits per heavy atom. The second-order valence-electron chi connectivity index (χ2n) is 4.21. The summed E-state index contributed by atoms with van der Waals surface area (Å²) in [6.45, 7) is 2.03. The molecule has 6 nitrogen and oxygen atoms in total. The van der Waals surface area contributed by atoms with E-state index < -0.39 is 4.92 Å². The van der Waals surface area contributed by atoms with Gasteiger partial charge in [0, 0.05) is 18.8 Å². The summed E-state index contributed by atoms with van der Waals surface area (Å²) in [5.74, 6) is 0.815. The Labute approximate surface area is 117 Å². The summed E-state index contributed by atoms with van der Waals surface area (Å²) in [6, 6.07) is 10.7. The van der Waals surface area contributed by atoms with Crippen LogP contribution in [0, 0.1) is 10.1 Å². The SMILES string of the molecule is CCc1ccccc1Nc1nc(NC)ccc1[N+](=O)[O-]. The highest BCUT2D eigenvalue weighted by Gasteiger charge is 2.16. The molecule has 1 aromatic heterocycles. The fraction of sp³-hybridized carbons (Fsp3) is 0.214. The van der Waals surface area contributed by atoms with Gasteiger partial charge in [-0.05, 0) is 24.1 Å². The first-order valence-electron chi connectivity index (χ1n) is 6.33. The van der Waals surface area contributed by atoms with Crippen molar-refractivity contribution in [2.75, 3.05) is 17.7 Å². The summed E-state index contributed by atoms with van der Waals surface area (Å²) in [6.07, 6.45) is 0.836. The number of hydrogen-bond acceptors (Lipinski definition) is 5. The molecule has 0 aliphatic carbocycles. The minimum atomic E-state index is -0.441. The third-order valence-corrected chi connectivity index (χ3v) is 2.98. The molecule has 104 valence electrons. The molecule has 2 N–H and O–H groups in total. The second-order valence-corrected chi connectivity index (χ2v) is 4.21. The first-order valence-corrected chi connectivity index (χ1v) is 6.33. The number of benzene rings is 1. The number of aryl methyl sites for hydroxylation is 1. The standard InChI is InChI=1S/C14H16N4O2/c1-3-10-6-4-5-7-11(10)16-14-12(18(19)20)8-9-13(15-2)17-14/h4-9H,3H2,1-2H3,(H2,15,16,17). The van der Waals surface area contributed by atoms with Crippen LogP contribution in [-0.2, 0) is 6.42 Å². The second kappa shape index (κ2) is 6.01. The van der Waals surface area contributed by atoms with Crippen LogP contribution in [0.1, 0.15) is 12.5 Å². The van der Waals surface area contributed by atoms with E-state index in [9.17, 15) is 10.1 Å². The topological polar surface area (TPSA) is 80.1 Å². The van der Waals surface area contributed by atoms with E-state index in [1.807, 2.05) is 31.2 Å². The number of pyridine rings is 1. The molecule has 2 rings (SSSR count). The van der Waals surface area contributed by atoms with Gasteiger partial charge in [-0.25, -0.2) is 4.98 Å². The molecular formula is C14H16N4O2. The normalized spacial score (nSPS) is 10.1. The molecule has 0 atom stereocenters. The van der Waals surface area contributed by atoms with Gasteiger partial charge in [0.05, 0.1) is 4.92 Å². The number of nitro groups is 1. The molecule has 0 saturated carbocycles. The summed E-state index contributed by atoms with van der Waals surface area (Å²) in [4.78, 5) is 14.8. The molecule has 0 unspecified atom stereocenters. The first-order chi connectivity index (χ1) is 9.65. The lowest BCUT2D eigenvalue weighted by Gasteiger charge is -2.11. The molecular weight excluding hydrogens is 256 g/mol. The van der Waals surface area contributed by atoms with E-state index in [2.05, 4.69) is 15.6 Å². The zero-order valence-corrected chi connectivity index (χ0v) is 11.4. The van der Waals surface area contributed by atoms with Crippen molar-refractivity contribution in [2.45, 2.75) is 13.3 Å². The Balaban J connectivity index is 2.43. The molecule has 0 spiro atoms. The zero-order chi connectivity index (χ0) is 14.5. The highest BCUT2D eigenvalue weighted by atomic mass is 16.6. The maximum Gasteiger partial charge on any atom is 0.311 e. The van der Waals surface area contributed by atoms with Crippen LogP contribution in [0.3, 0.4) is 0 Å². The van der Waals surface area contributed by atoms with Crippen LogP contribution in [0.2, 0.25) is 0 Å². The Kier molecular flexibility index (Phi) is 4.14. The van der Waals surface area contributed by atoms with Gasteiger partial charge in [0.1, 0.15) is 5.82 Å². The zero-order valence-electron chi connectivity index (χ0n) is 11.4. The molecule has 0 aliphatic heterocycles. The number of hydrogen-bond donors (Lipinski definition) is 2. The van der Waals surface area contributed by atoms with Crippen molar-refractivity contribution in [1.29, 1.82) is 0 Å². The van der Waals surface area contributed by atoms with Gasteiger partial charge in [0.2, 0.25) is 5.82 Å². The Bertz CT molecular complexity index is 628. The van der Waals surface area contributed by atoms with E-state index in [1.54, 1.807) is 13.1 Å². The van der Waals surface area contributed by atoms with Crippen LogP contribution in [0.5, 0.6) is 0 Å². The van der Waals surface area contributed by atoms with Crippen molar-refractivity contribution in [2.24, 2.45) is 0 Å². The average molecular weight is 272 g/mol. The number of nitrogens with zero attached hydrogens (tertiary/aromatic N) is 2. The first kappa shape index (κ1) is 13.8. The third kappa shape index (κ3) is 2.85. The molecule has 0 bridgehead atoms. The van der Waals surface area contributed by atoms with Gasteiger partial charge < -0.3 is 10.6 Å². The molecule has 0 amide bonds. The molecule has 0 saturated heterocycles. The van der Waals surface area contributed by atoms with Crippen LogP contribution in [-0.4, -0.2) is 17.0 Å². The van der Waals surface area contributed by atoms with Crippen LogP contribution in [0.15, 0.2) is 36.4 Å². The van der Waals surface area contributed by atoms with Gasteiger partial charge in [-0.2, -0.15) is 0 Å². The molecule has 20 heavy (non-hydrogen) atoms. The average Bonchev–Trinajstić information content (AvgIpc) is 2.47. The Hall–Kier alpha value is -2.63. The maximum absolute atomic E-state index is 11.1. The van der Waals surface area contributed by atoms with E-state index in [-0.39, 0.29) is 11.5 Å². The van der Waals surface area contributed by atoms with Gasteiger partial charge >= 0.3 is 5.69 Å². The van der Waals surface area contributed by atoms with Crippen molar-refractivity contribution in [1.82, 2.24) is 4.98 Å². The van der Waals surface area contributed by atoms with Gasteiger partial charge in [-0.15, -0.1) is 0 Å². The minimum absolute atomic E-state index is 0.0464. The number of rotatable bonds is 5. The van der Waals surface area contributed by atoms with Crippen molar-refractivity contribution < 1.29 is 4.92 Å². The summed E-state index contributed by atoms with van der Waals surface area (Å²) in [7, 11) is 1.72. The van der Waals surface area contributed by atoms with Crippen molar-refractivity contribution in [3.63, 3.8) is 0 Å². The van der Waals surface area contributed by atoms with E-state index in [0.717, 1.165) is 17.7 Å². The monoisotopic (exact) mass is 272 g/mol. The van der Waals surface area contributed by atoms with Crippen LogP contribution in [0.25, 0.3) is 0 Å². The van der Waals surface area contributed by atoms with E-state index in [0.29, 0.717) is 5.82 Å². The van der Waals surface area contributed by atoms with Gasteiger partial charge in [0.25, 0.3) is 0 Å². The fourth-order valence-electron chi connectivity index (χ4n) is 1.91. The smallest absolute Gasteiger partial charge is 0.311 e. The number of anilines is 3. The van der Waals surface area contributed by atoms with Crippen molar-refractivity contribution >= 4 is 23.0 Å². The van der Waals surface area contributed by atoms with Crippen LogP contribution < -0.4 is 10.6 Å².